The fraction of sp³-hybridized carbons (Fsp3) is 0.500. The van der Waals surface area contributed by atoms with Crippen molar-refractivity contribution in [2.75, 3.05) is 26.2 Å². The molecule has 13 nitrogen and oxygen atoms in total. The molecule has 13 heteroatoms. The Morgan fingerprint density at radius 2 is 1.40 bits per heavy atom. The zero-order chi connectivity index (χ0) is 34.3. The van der Waals surface area contributed by atoms with Crippen molar-refractivity contribution >= 4 is 29.6 Å². The van der Waals surface area contributed by atoms with Gasteiger partial charge in [-0.15, -0.1) is 0 Å². The summed E-state index contributed by atoms with van der Waals surface area (Å²) in [5.74, 6) is -3.10. The lowest BCUT2D eigenvalue weighted by Gasteiger charge is -2.34. The number of aliphatic carboxylic acids is 1. The largest absolute Gasteiger partial charge is 0.480 e. The summed E-state index contributed by atoms with van der Waals surface area (Å²) in [5.41, 5.74) is 13.6. The Balaban J connectivity index is 1.77. The first-order valence-corrected chi connectivity index (χ1v) is 16.2. The maximum Gasteiger partial charge on any atom is 0.322 e. The Bertz CT molecular complexity index is 1330. The van der Waals surface area contributed by atoms with E-state index in [9.17, 15) is 29.1 Å². The number of benzene rings is 2. The van der Waals surface area contributed by atoms with Crippen LogP contribution in [0.5, 0.6) is 0 Å². The lowest BCUT2D eigenvalue weighted by molar-refractivity contribution is -0.144. The molecule has 256 valence electrons. The summed E-state index contributed by atoms with van der Waals surface area (Å²) in [6, 6.07) is 13.7. The van der Waals surface area contributed by atoms with E-state index in [1.54, 1.807) is 0 Å². The first-order valence-electron chi connectivity index (χ1n) is 16.2. The number of hydrogen-bond donors (Lipinski definition) is 7. The monoisotopic (exact) mass is 651 g/mol. The van der Waals surface area contributed by atoms with Crippen molar-refractivity contribution in [2.24, 2.45) is 17.4 Å². The van der Waals surface area contributed by atoms with Gasteiger partial charge in [-0.1, -0.05) is 74.5 Å². The topological polar surface area (TPSA) is 209 Å². The van der Waals surface area contributed by atoms with Crippen molar-refractivity contribution < 1.29 is 29.1 Å². The van der Waals surface area contributed by atoms with E-state index in [4.69, 9.17) is 11.5 Å². The zero-order valence-electron chi connectivity index (χ0n) is 27.2. The molecule has 9 N–H and O–H groups in total. The average molecular weight is 652 g/mol. The Hall–Kier alpha value is -4.33. The molecule has 3 rings (SSSR count). The summed E-state index contributed by atoms with van der Waals surface area (Å²) < 4.78 is 0. The molecule has 0 saturated carbocycles. The van der Waals surface area contributed by atoms with Crippen LogP contribution in [0.3, 0.4) is 0 Å². The molecule has 0 spiro atoms. The quantitative estimate of drug-likeness (QED) is 0.122. The van der Waals surface area contributed by atoms with Gasteiger partial charge in [-0.25, -0.2) is 0 Å². The Kier molecular flexibility index (Phi) is 14.8. The molecule has 0 aromatic heterocycles. The zero-order valence-corrected chi connectivity index (χ0v) is 27.2. The van der Waals surface area contributed by atoms with Gasteiger partial charge in [-0.05, 0) is 49.3 Å². The second kappa shape index (κ2) is 18.7. The lowest BCUT2D eigenvalue weighted by Crippen LogP contribution is -2.61. The first-order chi connectivity index (χ1) is 22.5. The van der Waals surface area contributed by atoms with Crippen LogP contribution in [-0.2, 0) is 36.8 Å². The smallest absolute Gasteiger partial charge is 0.322 e. The van der Waals surface area contributed by atoms with E-state index in [1.165, 1.54) is 4.90 Å². The second-order valence-corrected chi connectivity index (χ2v) is 12.4. The summed E-state index contributed by atoms with van der Waals surface area (Å²) in [4.78, 5) is 67.2. The Morgan fingerprint density at radius 1 is 0.851 bits per heavy atom. The van der Waals surface area contributed by atoms with Gasteiger partial charge >= 0.3 is 5.97 Å². The van der Waals surface area contributed by atoms with Crippen molar-refractivity contribution in [3.63, 3.8) is 0 Å². The van der Waals surface area contributed by atoms with Crippen LogP contribution in [0.1, 0.15) is 44.2 Å². The van der Waals surface area contributed by atoms with E-state index < -0.39 is 59.8 Å². The number of nitrogens with zero attached hydrogens (tertiary/aromatic N) is 1. The number of carbonyl (C=O) groups is 5. The van der Waals surface area contributed by atoms with Crippen LogP contribution in [0, 0.1) is 5.92 Å². The van der Waals surface area contributed by atoms with Crippen molar-refractivity contribution in [1.29, 1.82) is 0 Å². The Morgan fingerprint density at radius 3 is 1.98 bits per heavy atom. The van der Waals surface area contributed by atoms with E-state index in [2.05, 4.69) is 21.3 Å². The maximum atomic E-state index is 13.8. The highest BCUT2D eigenvalue weighted by atomic mass is 16.4. The van der Waals surface area contributed by atoms with E-state index in [1.807, 2.05) is 74.5 Å². The molecule has 1 unspecified atom stereocenters. The molecule has 1 fully saturated rings. The van der Waals surface area contributed by atoms with Crippen LogP contribution in [0.15, 0.2) is 60.7 Å². The molecule has 0 radical (unpaired) electrons. The Labute approximate surface area is 276 Å². The number of carboxylic acid groups (broad SMARTS) is 1. The van der Waals surface area contributed by atoms with Gasteiger partial charge in [0.2, 0.25) is 23.6 Å². The molecule has 0 aliphatic carbocycles. The molecule has 2 aromatic rings. The van der Waals surface area contributed by atoms with Crippen LogP contribution in [0.4, 0.5) is 0 Å². The summed E-state index contributed by atoms with van der Waals surface area (Å²) in [7, 11) is 0. The number of piperazine rings is 1. The molecule has 4 amide bonds. The maximum absolute atomic E-state index is 13.8. The first kappa shape index (κ1) is 37.1. The van der Waals surface area contributed by atoms with Crippen molar-refractivity contribution in [3.8, 4) is 0 Å². The van der Waals surface area contributed by atoms with Crippen molar-refractivity contribution in [2.45, 2.75) is 76.2 Å². The fourth-order valence-electron chi connectivity index (χ4n) is 5.46. The van der Waals surface area contributed by atoms with Crippen molar-refractivity contribution in [1.82, 2.24) is 26.2 Å². The van der Waals surface area contributed by atoms with Gasteiger partial charge in [-0.3, -0.25) is 24.0 Å². The molecule has 1 saturated heterocycles. The number of rotatable bonds is 17. The van der Waals surface area contributed by atoms with Gasteiger partial charge in [0.1, 0.15) is 24.2 Å². The van der Waals surface area contributed by atoms with Gasteiger partial charge in [0, 0.05) is 26.1 Å². The minimum absolute atomic E-state index is 0.00445. The van der Waals surface area contributed by atoms with E-state index >= 15 is 0 Å². The van der Waals surface area contributed by atoms with Gasteiger partial charge in [0.25, 0.3) is 0 Å². The summed E-state index contributed by atoms with van der Waals surface area (Å²) in [5, 5.41) is 20.7. The highest BCUT2D eigenvalue weighted by molar-refractivity contribution is 5.95. The number of carboxylic acids is 1. The lowest BCUT2D eigenvalue weighted by atomic mass is 9.99. The molecule has 47 heavy (non-hydrogen) atoms. The highest BCUT2D eigenvalue weighted by Gasteiger charge is 2.34. The number of hydrogen-bond acceptors (Lipinski definition) is 8. The normalized spacial score (nSPS) is 17.2. The third kappa shape index (κ3) is 12.1. The van der Waals surface area contributed by atoms with Crippen LogP contribution in [-0.4, -0.2) is 96.0 Å². The molecule has 0 bridgehead atoms. The van der Waals surface area contributed by atoms with Crippen molar-refractivity contribution in [3.05, 3.63) is 71.8 Å². The van der Waals surface area contributed by atoms with Crippen LogP contribution in [0.25, 0.3) is 0 Å². The van der Waals surface area contributed by atoms with Crippen LogP contribution >= 0.6 is 0 Å². The van der Waals surface area contributed by atoms with Crippen LogP contribution in [0.2, 0.25) is 0 Å². The molecular weight excluding hydrogens is 602 g/mol. The summed E-state index contributed by atoms with van der Waals surface area (Å²) >= 11 is 0. The third-order valence-electron chi connectivity index (χ3n) is 7.99. The average Bonchev–Trinajstić information content (AvgIpc) is 3.06. The minimum Gasteiger partial charge on any atom is -0.480 e. The summed E-state index contributed by atoms with van der Waals surface area (Å²) in [6.07, 6.45) is 1.41. The number of nitrogens with two attached hydrogens (primary N) is 2. The summed E-state index contributed by atoms with van der Waals surface area (Å²) in [6.45, 7) is 4.65. The van der Waals surface area contributed by atoms with Gasteiger partial charge in [-0.2, -0.15) is 0 Å². The molecule has 1 aliphatic rings. The van der Waals surface area contributed by atoms with Crippen LogP contribution < -0.4 is 32.7 Å². The SMILES string of the molecule is CC(C)C[C@@H](NC(=O)[C@@H](Cc1ccccc1)NC(=O)[C@H](N)Cc1ccccc1)C(=O)N[C@H](CCCN)C(=O)N1CCNC(C(=O)O)C1. The predicted molar refractivity (Wildman–Crippen MR) is 178 cm³/mol. The predicted octanol–water partition coefficient (Wildman–Crippen LogP) is -0.0765. The standard InChI is InChI=1S/C34H49N7O6/c1-22(2)18-27(31(43)38-26(14-9-15-35)33(45)41-17-16-37-29(21-41)34(46)47)40-32(44)28(20-24-12-7-4-8-13-24)39-30(42)25(36)19-23-10-5-3-6-11-23/h3-8,10-13,22,25-29,37H,9,14-21,35-36H2,1-2H3,(H,38,43)(H,39,42)(H,40,44)(H,46,47)/t25-,26-,27-,28-,29?/m1/s1. The van der Waals surface area contributed by atoms with E-state index in [0.717, 1.165) is 11.1 Å². The van der Waals surface area contributed by atoms with Gasteiger partial charge in [0.15, 0.2) is 0 Å². The van der Waals surface area contributed by atoms with E-state index in [0.29, 0.717) is 19.5 Å². The number of carbonyl (C=O) groups excluding carboxylic acids is 4. The minimum atomic E-state index is -1.07. The third-order valence-corrected chi connectivity index (χ3v) is 7.99. The van der Waals surface area contributed by atoms with E-state index in [-0.39, 0.29) is 44.7 Å². The molecular formula is C34H49N7O6. The number of nitrogens with one attached hydrogen (secondary N) is 4. The molecule has 1 aliphatic heterocycles. The highest BCUT2D eigenvalue weighted by Crippen LogP contribution is 2.12. The molecule has 1 heterocycles. The molecule has 5 atom stereocenters. The molecule has 2 aromatic carbocycles. The number of amides is 4. The fourth-order valence-corrected chi connectivity index (χ4v) is 5.46. The van der Waals surface area contributed by atoms with Gasteiger partial charge < -0.3 is 42.7 Å². The van der Waals surface area contributed by atoms with Gasteiger partial charge in [0.05, 0.1) is 6.04 Å². The second-order valence-electron chi connectivity index (χ2n) is 12.4.